The summed E-state index contributed by atoms with van der Waals surface area (Å²) >= 11 is 5.72. The zero-order valence-corrected chi connectivity index (χ0v) is 18.4. The molecule has 1 aromatic rings. The number of quaternary nitrogens is 1. The van der Waals surface area contributed by atoms with Gasteiger partial charge in [0.25, 0.3) is 0 Å². The first-order valence-corrected chi connectivity index (χ1v) is 11.5. The fraction of sp³-hybridized carbons (Fsp3) is 0.700. The number of unbranched alkanes of at least 4 members (excludes halogenated alkanes) is 5. The quantitative estimate of drug-likeness (QED) is 0.226. The van der Waals surface area contributed by atoms with Crippen LogP contribution in [0.3, 0.4) is 0 Å². The summed E-state index contributed by atoms with van der Waals surface area (Å²) in [4.78, 5) is -0.178. The first-order valence-electron chi connectivity index (χ1n) is 9.53. The summed E-state index contributed by atoms with van der Waals surface area (Å²) in [5, 5.41) is 0. The van der Waals surface area contributed by atoms with E-state index < -0.39 is 10.1 Å². The second-order valence-electron chi connectivity index (χ2n) is 7.46. The third-order valence-electron chi connectivity index (χ3n) is 4.32. The lowest BCUT2D eigenvalue weighted by Crippen LogP contribution is -2.41. The van der Waals surface area contributed by atoms with Gasteiger partial charge < -0.3 is 9.04 Å². The van der Waals surface area contributed by atoms with Crippen LogP contribution in [-0.4, -0.2) is 50.5 Å². The van der Waals surface area contributed by atoms with Crippen LogP contribution in [0.4, 0.5) is 0 Å². The molecule has 0 unspecified atom stereocenters. The van der Waals surface area contributed by atoms with E-state index in [0.29, 0.717) is 0 Å². The third-order valence-corrected chi connectivity index (χ3v) is 5.44. The van der Waals surface area contributed by atoms with Gasteiger partial charge in [-0.15, -0.1) is 11.6 Å². The van der Waals surface area contributed by atoms with E-state index in [4.69, 9.17) is 11.6 Å². The standard InChI is InChI=1S/C13H29ClN.C7H8O3S/c1-4-5-6-7-8-9-12-15(2,3)13-10-11-14;1-6-2-4-7(5-3-6)11(8,9)10/h4-13H2,1-3H3;2-5H,1H3,(H,8,9,10)/q+1;/p-1. The molecule has 1 rings (SSSR count). The van der Waals surface area contributed by atoms with Crippen LogP contribution in [0.2, 0.25) is 0 Å². The molecule has 4 nitrogen and oxygen atoms in total. The molecule has 0 saturated heterocycles. The van der Waals surface area contributed by atoms with Crippen LogP contribution < -0.4 is 0 Å². The zero-order chi connectivity index (χ0) is 20.1. The van der Waals surface area contributed by atoms with E-state index in [2.05, 4.69) is 21.0 Å². The van der Waals surface area contributed by atoms with Crippen LogP contribution in [0, 0.1) is 6.92 Å². The van der Waals surface area contributed by atoms with Crippen molar-refractivity contribution in [1.29, 1.82) is 0 Å². The predicted molar refractivity (Wildman–Crippen MR) is 110 cm³/mol. The fourth-order valence-corrected chi connectivity index (χ4v) is 3.21. The van der Waals surface area contributed by atoms with Crippen LogP contribution in [0.15, 0.2) is 29.2 Å². The van der Waals surface area contributed by atoms with Crippen molar-refractivity contribution in [3.8, 4) is 0 Å². The number of benzene rings is 1. The Balaban J connectivity index is 0.000000502. The highest BCUT2D eigenvalue weighted by Crippen LogP contribution is 2.09. The SMILES string of the molecule is CCCCCCCC[N+](C)(C)CCCCl.Cc1ccc(S(=O)(=O)[O-])cc1. The van der Waals surface area contributed by atoms with Gasteiger partial charge in [-0.2, -0.15) is 0 Å². The molecular weight excluding hydrogens is 370 g/mol. The minimum atomic E-state index is -4.27. The molecule has 0 aliphatic rings. The van der Waals surface area contributed by atoms with Gasteiger partial charge in [0, 0.05) is 12.3 Å². The second-order valence-corrected chi connectivity index (χ2v) is 9.22. The van der Waals surface area contributed by atoms with Gasteiger partial charge in [0.1, 0.15) is 10.1 Å². The van der Waals surface area contributed by atoms with Crippen molar-refractivity contribution in [3.63, 3.8) is 0 Å². The average Bonchev–Trinajstić information content (AvgIpc) is 2.56. The Morgan fingerprint density at radius 2 is 1.42 bits per heavy atom. The molecule has 0 aliphatic heterocycles. The molecule has 0 saturated carbocycles. The number of hydrogen-bond donors (Lipinski definition) is 0. The maximum atomic E-state index is 10.4. The highest BCUT2D eigenvalue weighted by atomic mass is 35.5. The molecule has 0 heterocycles. The van der Waals surface area contributed by atoms with E-state index in [1.54, 1.807) is 12.1 Å². The number of halogens is 1. The number of alkyl halides is 1. The van der Waals surface area contributed by atoms with Gasteiger partial charge in [-0.3, -0.25) is 0 Å². The van der Waals surface area contributed by atoms with Crippen molar-refractivity contribution in [2.75, 3.05) is 33.1 Å². The summed E-state index contributed by atoms with van der Waals surface area (Å²) in [5.74, 6) is 0.804. The third kappa shape index (κ3) is 13.6. The van der Waals surface area contributed by atoms with E-state index in [0.717, 1.165) is 22.3 Å². The molecule has 0 spiro atoms. The van der Waals surface area contributed by atoms with Gasteiger partial charge in [-0.25, -0.2) is 8.42 Å². The largest absolute Gasteiger partial charge is 0.744 e. The van der Waals surface area contributed by atoms with Gasteiger partial charge in [-0.05, 0) is 31.9 Å². The Labute approximate surface area is 165 Å². The Kier molecular flexibility index (Phi) is 13.2. The predicted octanol–water partition coefficient (Wildman–Crippen LogP) is 4.95. The van der Waals surface area contributed by atoms with Crippen LogP contribution in [0.25, 0.3) is 0 Å². The summed E-state index contributed by atoms with van der Waals surface area (Å²) < 4.78 is 32.3. The molecular formula is C20H36ClNO3S. The zero-order valence-electron chi connectivity index (χ0n) is 16.8. The Morgan fingerprint density at radius 3 is 1.92 bits per heavy atom. The molecule has 152 valence electrons. The monoisotopic (exact) mass is 405 g/mol. The van der Waals surface area contributed by atoms with Crippen molar-refractivity contribution < 1.29 is 17.5 Å². The molecule has 0 radical (unpaired) electrons. The van der Waals surface area contributed by atoms with Crippen LogP contribution >= 0.6 is 11.6 Å². The number of nitrogens with zero attached hydrogens (tertiary/aromatic N) is 1. The first-order chi connectivity index (χ1) is 12.1. The molecule has 0 fully saturated rings. The molecule has 0 N–H and O–H groups in total. The molecule has 0 amide bonds. The van der Waals surface area contributed by atoms with Gasteiger partial charge in [-0.1, -0.05) is 50.3 Å². The Morgan fingerprint density at radius 1 is 0.923 bits per heavy atom. The van der Waals surface area contributed by atoms with Crippen molar-refractivity contribution in [2.45, 2.75) is 63.7 Å². The van der Waals surface area contributed by atoms with Crippen molar-refractivity contribution >= 4 is 21.7 Å². The lowest BCUT2D eigenvalue weighted by Gasteiger charge is -2.29. The number of rotatable bonds is 11. The first kappa shape index (κ1) is 25.4. The molecule has 26 heavy (non-hydrogen) atoms. The van der Waals surface area contributed by atoms with Crippen molar-refractivity contribution in [2.24, 2.45) is 0 Å². The molecule has 0 aliphatic carbocycles. The van der Waals surface area contributed by atoms with Gasteiger partial charge in [0.15, 0.2) is 0 Å². The summed E-state index contributed by atoms with van der Waals surface area (Å²) in [6.45, 7) is 6.62. The van der Waals surface area contributed by atoms with E-state index in [1.165, 1.54) is 63.7 Å². The van der Waals surface area contributed by atoms with Crippen LogP contribution in [0.1, 0.15) is 57.4 Å². The van der Waals surface area contributed by atoms with Gasteiger partial charge >= 0.3 is 0 Å². The van der Waals surface area contributed by atoms with E-state index in [-0.39, 0.29) is 4.90 Å². The second kappa shape index (κ2) is 13.5. The Bertz CT molecular complexity index is 571. The summed E-state index contributed by atoms with van der Waals surface area (Å²) in [7, 11) is 0.367. The summed E-state index contributed by atoms with van der Waals surface area (Å²) in [6, 6.07) is 5.78. The van der Waals surface area contributed by atoms with E-state index in [1.807, 2.05) is 6.92 Å². The number of aryl methyl sites for hydroxylation is 1. The maximum absolute atomic E-state index is 10.4. The number of hydrogen-bond acceptors (Lipinski definition) is 3. The molecule has 0 bridgehead atoms. The normalized spacial score (nSPS) is 11.8. The molecule has 1 aromatic carbocycles. The smallest absolute Gasteiger partial charge is 0.124 e. The maximum Gasteiger partial charge on any atom is 0.124 e. The molecule has 6 heteroatoms. The highest BCUT2D eigenvalue weighted by molar-refractivity contribution is 7.85. The van der Waals surface area contributed by atoms with Crippen LogP contribution in [0.5, 0.6) is 0 Å². The lowest BCUT2D eigenvalue weighted by molar-refractivity contribution is -0.890. The fourth-order valence-electron chi connectivity index (χ4n) is 2.62. The van der Waals surface area contributed by atoms with Gasteiger partial charge in [0.2, 0.25) is 0 Å². The highest BCUT2D eigenvalue weighted by Gasteiger charge is 2.12. The van der Waals surface area contributed by atoms with E-state index >= 15 is 0 Å². The van der Waals surface area contributed by atoms with Crippen molar-refractivity contribution in [3.05, 3.63) is 29.8 Å². The molecule has 0 atom stereocenters. The molecule has 0 aromatic heterocycles. The van der Waals surface area contributed by atoms with Crippen LogP contribution in [-0.2, 0) is 10.1 Å². The van der Waals surface area contributed by atoms with Gasteiger partial charge in [0.05, 0.1) is 32.1 Å². The van der Waals surface area contributed by atoms with E-state index in [9.17, 15) is 13.0 Å². The average molecular weight is 406 g/mol. The minimum absolute atomic E-state index is 0.178. The Hall–Kier alpha value is -0.620. The summed E-state index contributed by atoms with van der Waals surface area (Å²) in [6.07, 6.45) is 9.52. The summed E-state index contributed by atoms with van der Waals surface area (Å²) in [5.41, 5.74) is 0.928. The lowest BCUT2D eigenvalue weighted by atomic mass is 10.1. The van der Waals surface area contributed by atoms with Crippen molar-refractivity contribution in [1.82, 2.24) is 0 Å². The minimum Gasteiger partial charge on any atom is -0.744 e. The topological polar surface area (TPSA) is 57.2 Å².